The number of hydrogen-bond acceptors (Lipinski definition) is 1. The van der Waals surface area contributed by atoms with E-state index in [1.165, 1.54) is 38.5 Å². The summed E-state index contributed by atoms with van der Waals surface area (Å²) in [6.07, 6.45) is 8.85. The molecule has 0 aliphatic carbocycles. The molecule has 3 heteroatoms. The third-order valence-electron chi connectivity index (χ3n) is 2.65. The first-order valence-corrected chi connectivity index (χ1v) is 12.2. The summed E-state index contributed by atoms with van der Waals surface area (Å²) in [6, 6.07) is 0. The van der Waals surface area contributed by atoms with Crippen LogP contribution in [-0.2, 0) is 0 Å². The van der Waals surface area contributed by atoms with E-state index in [-0.39, 0.29) is 24.3 Å². The van der Waals surface area contributed by atoms with E-state index in [1.807, 2.05) is 0 Å². The Hall–Kier alpha value is 1.36. The molecule has 0 heterocycles. The van der Waals surface area contributed by atoms with Crippen molar-refractivity contribution in [3.05, 3.63) is 0 Å². The van der Waals surface area contributed by atoms with Crippen LogP contribution in [-0.4, -0.2) is 25.2 Å². The fraction of sp³-hybridized carbons (Fsp3) is 1.00. The summed E-state index contributed by atoms with van der Waals surface area (Å²) >= 11 is -0.839. The summed E-state index contributed by atoms with van der Waals surface area (Å²) in [5.41, 5.74) is 0. The minimum Gasteiger partial charge on any atom is -0.870 e. The van der Waals surface area contributed by atoms with Gasteiger partial charge in [-0.05, 0) is 0 Å². The predicted octanol–water partition coefficient (Wildman–Crippen LogP) is 1.71. The summed E-state index contributed by atoms with van der Waals surface area (Å²) in [7, 11) is 0. The van der Waals surface area contributed by atoms with Crippen molar-refractivity contribution < 1.29 is 24.3 Å². The zero-order valence-corrected chi connectivity index (χ0v) is 14.2. The molecule has 0 aliphatic rings. The van der Waals surface area contributed by atoms with E-state index < -0.39 is 19.8 Å². The van der Waals surface area contributed by atoms with E-state index in [9.17, 15) is 0 Å². The molecule has 0 aromatic heterocycles. The van der Waals surface area contributed by atoms with Crippen molar-refractivity contribution in [2.24, 2.45) is 0 Å². The smallest absolute Gasteiger partial charge is 0.870 e. The third-order valence-corrected chi connectivity index (χ3v) is 11.7. The van der Waals surface area contributed by atoms with Crippen LogP contribution in [0.1, 0.15) is 59.3 Å². The van der Waals surface area contributed by atoms with Crippen molar-refractivity contribution in [3.8, 4) is 0 Å². The van der Waals surface area contributed by atoms with Crippen molar-refractivity contribution in [1.29, 1.82) is 0 Å². The van der Waals surface area contributed by atoms with Crippen LogP contribution in [0.2, 0.25) is 13.3 Å². The molecule has 1 nitrogen and oxygen atoms in total. The number of hydrogen-bond donors (Lipinski definition) is 0. The topological polar surface area (TPSA) is 30.0 Å². The maximum absolute atomic E-state index is 2.33. The molecule has 15 heavy (non-hydrogen) atoms. The van der Waals surface area contributed by atoms with Gasteiger partial charge in [0.05, 0.1) is 0 Å². The zero-order chi connectivity index (χ0) is 9.94. The Kier molecular flexibility index (Phi) is 25.6. The van der Waals surface area contributed by atoms with Gasteiger partial charge in [-0.15, -0.1) is 0 Å². The molecule has 0 aliphatic heterocycles. The number of unbranched alkanes of at least 4 members (excludes halogenated alkanes) is 3. The fourth-order valence-corrected chi connectivity index (χ4v) is 11.1. The molecule has 0 spiro atoms. The fourth-order valence-electron chi connectivity index (χ4n) is 1.66. The Morgan fingerprint density at radius 2 is 0.933 bits per heavy atom. The second-order valence-corrected chi connectivity index (χ2v) is 12.6. The average Bonchev–Trinajstić information content (AvgIpc) is 2.17. The molecule has 0 saturated carbocycles. The van der Waals surface area contributed by atoms with Gasteiger partial charge < -0.3 is 5.48 Å². The number of rotatable bonds is 9. The van der Waals surface area contributed by atoms with Crippen LogP contribution in [0.5, 0.6) is 0 Å². The molecule has 87 valence electrons. The first-order chi connectivity index (χ1) is 6.35. The van der Waals surface area contributed by atoms with Crippen molar-refractivity contribution in [2.75, 3.05) is 0 Å². The van der Waals surface area contributed by atoms with Gasteiger partial charge in [0.1, 0.15) is 0 Å². The first-order valence-electron chi connectivity index (χ1n) is 6.18. The minimum atomic E-state index is -0.839. The van der Waals surface area contributed by atoms with Gasteiger partial charge in [0.15, 0.2) is 0 Å². The monoisotopic (exact) mass is 315 g/mol. The van der Waals surface area contributed by atoms with Gasteiger partial charge >= 0.3 is 111 Å². The summed E-state index contributed by atoms with van der Waals surface area (Å²) in [5.74, 6) is 0. The average molecular weight is 314 g/mol. The molecular formula is C12H28LiOSn. The third kappa shape index (κ3) is 15.4. The predicted molar refractivity (Wildman–Crippen MR) is 66.8 cm³/mol. The Morgan fingerprint density at radius 1 is 0.667 bits per heavy atom. The normalized spacial score (nSPS) is 9.60. The van der Waals surface area contributed by atoms with Gasteiger partial charge in [-0.3, -0.25) is 0 Å². The summed E-state index contributed by atoms with van der Waals surface area (Å²) < 4.78 is 5.04. The van der Waals surface area contributed by atoms with E-state index in [0.717, 1.165) is 0 Å². The quantitative estimate of drug-likeness (QED) is 0.596. The van der Waals surface area contributed by atoms with Crippen molar-refractivity contribution >= 4 is 19.8 Å². The van der Waals surface area contributed by atoms with Gasteiger partial charge in [-0.25, -0.2) is 0 Å². The van der Waals surface area contributed by atoms with Crippen LogP contribution < -0.4 is 18.9 Å². The summed E-state index contributed by atoms with van der Waals surface area (Å²) in [6.45, 7) is 7.00. The standard InChI is InChI=1S/3C4H9.Li.H2O.Sn/c3*1-3-4-2;;;/h3*1,3-4H2,2H3;;1H2;/q;;;+1;;/p-1. The van der Waals surface area contributed by atoms with Crippen molar-refractivity contribution in [2.45, 2.75) is 72.6 Å². The van der Waals surface area contributed by atoms with E-state index in [2.05, 4.69) is 20.8 Å². The molecule has 0 amide bonds. The molecule has 0 aromatic carbocycles. The SMILES string of the molecule is CCC[CH2][Sn]([CH2]CCC)[CH2]CCC.[Li+].[OH-]. The van der Waals surface area contributed by atoms with Gasteiger partial charge in [-0.2, -0.15) is 0 Å². The van der Waals surface area contributed by atoms with Gasteiger partial charge in [0.25, 0.3) is 0 Å². The van der Waals surface area contributed by atoms with Crippen LogP contribution >= 0.6 is 0 Å². The van der Waals surface area contributed by atoms with Crippen molar-refractivity contribution in [3.63, 3.8) is 0 Å². The van der Waals surface area contributed by atoms with Crippen LogP contribution in [0.4, 0.5) is 0 Å². The Balaban J connectivity index is -0.000000720. The molecule has 0 fully saturated rings. The molecule has 0 atom stereocenters. The largest absolute Gasteiger partial charge is 1.00 e. The van der Waals surface area contributed by atoms with E-state index >= 15 is 0 Å². The molecule has 0 aromatic rings. The van der Waals surface area contributed by atoms with Gasteiger partial charge in [0.2, 0.25) is 0 Å². The molecule has 1 radical (unpaired) electrons. The minimum absolute atomic E-state index is 0. The maximum atomic E-state index is 2.33. The molecule has 0 unspecified atom stereocenters. The summed E-state index contributed by atoms with van der Waals surface area (Å²) in [4.78, 5) is 0. The van der Waals surface area contributed by atoms with Crippen LogP contribution in [0.3, 0.4) is 0 Å². The van der Waals surface area contributed by atoms with E-state index in [1.54, 1.807) is 13.3 Å². The van der Waals surface area contributed by atoms with Gasteiger partial charge in [0, 0.05) is 0 Å². The maximum Gasteiger partial charge on any atom is 1.00 e. The second-order valence-electron chi connectivity index (χ2n) is 4.06. The van der Waals surface area contributed by atoms with Crippen LogP contribution in [0.25, 0.3) is 0 Å². The molecule has 1 N–H and O–H groups in total. The van der Waals surface area contributed by atoms with E-state index in [4.69, 9.17) is 0 Å². The van der Waals surface area contributed by atoms with Crippen molar-refractivity contribution in [1.82, 2.24) is 0 Å². The van der Waals surface area contributed by atoms with E-state index in [0.29, 0.717) is 0 Å². The van der Waals surface area contributed by atoms with Crippen LogP contribution in [0, 0.1) is 0 Å². The Labute approximate surface area is 116 Å². The van der Waals surface area contributed by atoms with Gasteiger partial charge in [-0.1, -0.05) is 0 Å². The first kappa shape index (κ1) is 21.6. The zero-order valence-electron chi connectivity index (χ0n) is 11.3. The Bertz CT molecular complexity index is 82.6. The Morgan fingerprint density at radius 3 is 1.13 bits per heavy atom. The molecular weight excluding hydrogens is 286 g/mol. The second kappa shape index (κ2) is 17.7. The molecule has 0 saturated heterocycles. The van der Waals surface area contributed by atoms with Crippen LogP contribution in [0.15, 0.2) is 0 Å². The molecule has 0 rings (SSSR count). The molecule has 0 bridgehead atoms. The summed E-state index contributed by atoms with van der Waals surface area (Å²) in [5, 5.41) is 0.